The van der Waals surface area contributed by atoms with Crippen LogP contribution >= 0.6 is 0 Å². The van der Waals surface area contributed by atoms with Gasteiger partial charge in [-0.25, -0.2) is 9.59 Å². The maximum absolute atomic E-state index is 13.4. The topological polar surface area (TPSA) is 75.9 Å². The molecule has 4 rings (SSSR count). The normalized spacial score (nSPS) is 19.1. The highest BCUT2D eigenvalue weighted by atomic mass is 19.4. The van der Waals surface area contributed by atoms with Crippen LogP contribution in [0.25, 0.3) is 0 Å². The molecule has 1 aliphatic heterocycles. The monoisotopic (exact) mass is 543 g/mol. The zero-order chi connectivity index (χ0) is 28.0. The number of hydrogen-bond acceptors (Lipinski definition) is 3. The molecule has 0 bridgehead atoms. The van der Waals surface area contributed by atoms with Crippen molar-refractivity contribution in [1.29, 1.82) is 0 Å². The number of nitrogens with two attached hydrogens (primary N) is 1. The smallest absolute Gasteiger partial charge is 0.416 e. The fourth-order valence-electron chi connectivity index (χ4n) is 5.31. The largest absolute Gasteiger partial charge is 0.449 e. The molecule has 206 valence electrons. The third-order valence-corrected chi connectivity index (χ3v) is 6.99. The number of halogens is 6. The molecular formula is C26H27F6N3O3. The van der Waals surface area contributed by atoms with Crippen molar-refractivity contribution in [2.24, 2.45) is 5.73 Å². The molecule has 3 amide bonds. The van der Waals surface area contributed by atoms with E-state index in [2.05, 4.69) is 0 Å². The van der Waals surface area contributed by atoms with Crippen molar-refractivity contribution < 1.29 is 40.7 Å². The zero-order valence-corrected chi connectivity index (χ0v) is 20.7. The van der Waals surface area contributed by atoms with Crippen LogP contribution < -0.4 is 10.6 Å². The van der Waals surface area contributed by atoms with Gasteiger partial charge in [0.15, 0.2) is 0 Å². The number of ether oxygens (including phenoxy) is 1. The number of urea groups is 1. The van der Waals surface area contributed by atoms with E-state index in [9.17, 15) is 35.9 Å². The molecule has 2 N–H and O–H groups in total. The SMILES string of the molecule is CCOC(=O)N1c2cc3c(cc2[C@@H](N(Cc2cc(C(F)(F)F)cc(C(F)(F)F)c2)C(N)=O)C[C@H]1C)CCC3. The summed E-state index contributed by atoms with van der Waals surface area (Å²) in [6.45, 7) is 2.94. The van der Waals surface area contributed by atoms with Crippen LogP contribution in [0.3, 0.4) is 0 Å². The molecule has 1 heterocycles. The summed E-state index contributed by atoms with van der Waals surface area (Å²) in [5, 5.41) is 0. The molecule has 1 aliphatic carbocycles. The van der Waals surface area contributed by atoms with Crippen LogP contribution in [0.15, 0.2) is 30.3 Å². The number of alkyl halides is 6. The van der Waals surface area contributed by atoms with Crippen molar-refractivity contribution in [2.75, 3.05) is 11.5 Å². The van der Waals surface area contributed by atoms with Gasteiger partial charge in [-0.1, -0.05) is 6.07 Å². The number of rotatable bonds is 4. The van der Waals surface area contributed by atoms with Crippen molar-refractivity contribution in [1.82, 2.24) is 4.90 Å². The average Bonchev–Trinajstić information content (AvgIpc) is 3.27. The maximum Gasteiger partial charge on any atom is 0.416 e. The van der Waals surface area contributed by atoms with E-state index in [0.717, 1.165) is 35.3 Å². The molecule has 0 radical (unpaired) electrons. The van der Waals surface area contributed by atoms with Gasteiger partial charge in [-0.05, 0) is 86.1 Å². The number of hydrogen-bond donors (Lipinski definition) is 1. The van der Waals surface area contributed by atoms with Gasteiger partial charge in [0, 0.05) is 12.6 Å². The fraction of sp³-hybridized carbons (Fsp3) is 0.462. The van der Waals surface area contributed by atoms with Crippen molar-refractivity contribution >= 4 is 17.8 Å². The molecule has 2 aromatic rings. The summed E-state index contributed by atoms with van der Waals surface area (Å²) >= 11 is 0. The Hall–Kier alpha value is -3.44. The van der Waals surface area contributed by atoms with Crippen molar-refractivity contribution in [3.63, 3.8) is 0 Å². The third-order valence-electron chi connectivity index (χ3n) is 6.99. The zero-order valence-electron chi connectivity index (χ0n) is 20.7. The van der Waals surface area contributed by atoms with E-state index >= 15 is 0 Å². The molecule has 0 saturated carbocycles. The quantitative estimate of drug-likeness (QED) is 0.442. The summed E-state index contributed by atoms with van der Waals surface area (Å²) in [6.07, 6.45) is -8.04. The van der Waals surface area contributed by atoms with Gasteiger partial charge < -0.3 is 15.4 Å². The van der Waals surface area contributed by atoms with Gasteiger partial charge in [-0.15, -0.1) is 0 Å². The lowest BCUT2D eigenvalue weighted by Gasteiger charge is -2.43. The molecule has 0 fully saturated rings. The number of aryl methyl sites for hydroxylation is 2. The summed E-state index contributed by atoms with van der Waals surface area (Å²) in [4.78, 5) is 28.0. The first-order valence-corrected chi connectivity index (χ1v) is 12.2. The van der Waals surface area contributed by atoms with Crippen LogP contribution in [-0.4, -0.2) is 29.7 Å². The van der Waals surface area contributed by atoms with Gasteiger partial charge in [0.25, 0.3) is 0 Å². The van der Waals surface area contributed by atoms with Crippen molar-refractivity contribution in [2.45, 2.75) is 70.5 Å². The van der Waals surface area contributed by atoms with Gasteiger partial charge >= 0.3 is 24.5 Å². The second-order valence-corrected chi connectivity index (χ2v) is 9.58. The van der Waals surface area contributed by atoms with E-state index in [4.69, 9.17) is 10.5 Å². The first kappa shape index (κ1) is 27.6. The number of anilines is 1. The Morgan fingerprint density at radius 2 is 1.58 bits per heavy atom. The summed E-state index contributed by atoms with van der Waals surface area (Å²) in [5.41, 5.74) is 5.41. The summed E-state index contributed by atoms with van der Waals surface area (Å²) < 4.78 is 85.8. The minimum Gasteiger partial charge on any atom is -0.449 e. The Bertz CT molecular complexity index is 1210. The first-order valence-electron chi connectivity index (χ1n) is 12.2. The second-order valence-electron chi connectivity index (χ2n) is 9.58. The van der Waals surface area contributed by atoms with Crippen LogP contribution in [0.1, 0.15) is 66.1 Å². The number of amides is 3. The Balaban J connectivity index is 1.80. The molecule has 2 aliphatic rings. The predicted molar refractivity (Wildman–Crippen MR) is 126 cm³/mol. The number of fused-ring (bicyclic) bond motifs is 2. The maximum atomic E-state index is 13.4. The van der Waals surface area contributed by atoms with Gasteiger partial charge in [0.2, 0.25) is 0 Å². The fourth-order valence-corrected chi connectivity index (χ4v) is 5.31. The Labute approximate surface area is 215 Å². The number of primary amides is 1. The Morgan fingerprint density at radius 3 is 2.11 bits per heavy atom. The van der Waals surface area contributed by atoms with Crippen LogP contribution in [-0.2, 0) is 36.5 Å². The van der Waals surface area contributed by atoms with Gasteiger partial charge in [0.1, 0.15) is 0 Å². The molecule has 2 atom stereocenters. The molecule has 6 nitrogen and oxygen atoms in total. The van der Waals surface area contributed by atoms with Crippen LogP contribution in [0, 0.1) is 0 Å². The number of nitrogens with zero attached hydrogens (tertiary/aromatic N) is 2. The van der Waals surface area contributed by atoms with E-state index in [0.29, 0.717) is 23.4 Å². The van der Waals surface area contributed by atoms with E-state index in [1.165, 1.54) is 4.90 Å². The van der Waals surface area contributed by atoms with Crippen LogP contribution in [0.5, 0.6) is 0 Å². The molecule has 12 heteroatoms. The summed E-state index contributed by atoms with van der Waals surface area (Å²) in [6, 6.07) is 2.61. The lowest BCUT2D eigenvalue weighted by atomic mass is 9.88. The number of benzene rings is 2. The van der Waals surface area contributed by atoms with E-state index in [-0.39, 0.29) is 24.7 Å². The van der Waals surface area contributed by atoms with E-state index < -0.39 is 54.2 Å². The van der Waals surface area contributed by atoms with E-state index in [1.54, 1.807) is 13.8 Å². The van der Waals surface area contributed by atoms with Gasteiger partial charge in [-0.2, -0.15) is 26.3 Å². The predicted octanol–water partition coefficient (Wildman–Crippen LogP) is 6.59. The summed E-state index contributed by atoms with van der Waals surface area (Å²) in [7, 11) is 0. The van der Waals surface area contributed by atoms with Gasteiger partial charge in [-0.3, -0.25) is 4.90 Å². The number of carbonyl (C=O) groups excluding carboxylic acids is 2. The molecule has 2 aromatic carbocycles. The molecule has 0 unspecified atom stereocenters. The second kappa shape index (κ2) is 10.0. The van der Waals surface area contributed by atoms with Crippen LogP contribution in [0.4, 0.5) is 41.6 Å². The highest BCUT2D eigenvalue weighted by Crippen LogP contribution is 2.44. The Morgan fingerprint density at radius 1 is 1.00 bits per heavy atom. The highest BCUT2D eigenvalue weighted by molar-refractivity contribution is 5.91. The van der Waals surface area contributed by atoms with Crippen LogP contribution in [0.2, 0.25) is 0 Å². The van der Waals surface area contributed by atoms with Gasteiger partial charge in [0.05, 0.1) is 29.5 Å². The van der Waals surface area contributed by atoms with Crippen molar-refractivity contribution in [3.05, 3.63) is 63.7 Å². The minimum absolute atomic E-state index is 0.0383. The lowest BCUT2D eigenvalue weighted by molar-refractivity contribution is -0.143. The molecular weight excluding hydrogens is 516 g/mol. The highest BCUT2D eigenvalue weighted by Gasteiger charge is 2.41. The molecule has 0 saturated heterocycles. The van der Waals surface area contributed by atoms with E-state index in [1.807, 2.05) is 12.1 Å². The Kier molecular flexibility index (Phi) is 7.28. The molecule has 0 aromatic heterocycles. The third kappa shape index (κ3) is 5.39. The standard InChI is InChI=1S/C26H27F6N3O3/c1-3-38-24(37)35-14(2)7-21(20-10-16-5-4-6-17(16)11-22(20)35)34(23(33)36)13-15-8-18(25(27,28)29)12-19(9-15)26(30,31)32/h8-12,14,21H,3-7,13H2,1-2H3,(H2,33,36)/t14-,21+/m1/s1. The van der Waals surface area contributed by atoms with Crippen molar-refractivity contribution in [3.8, 4) is 0 Å². The number of carbonyl (C=O) groups is 2. The lowest BCUT2D eigenvalue weighted by Crippen LogP contribution is -2.48. The minimum atomic E-state index is -5.03. The first-order chi connectivity index (χ1) is 17.7. The average molecular weight is 544 g/mol. The molecule has 0 spiro atoms. The molecule has 38 heavy (non-hydrogen) atoms. The summed E-state index contributed by atoms with van der Waals surface area (Å²) in [5.74, 6) is 0.